The first-order valence-electron chi connectivity index (χ1n) is 14.4. The standard InChI is InChI=1S/C28H28FN9O3S.C2H6/c1-40-20-6-9-37(16-20)42-35-25-5-3-23(29)26(22(25)13-30)41-19-2-4-24-21(12-19)27(39)38(17-34-24)18-14-32-28(33-15-18)36-10-7-31-8-11-36;1-2/h2-5,12,14-15,17,20,31,35H,6-11,16H2,1H3;1-2H3. The molecule has 12 nitrogen and oxygen atoms in total. The number of benzene rings is 2. The Hall–Kier alpha value is -4.29. The van der Waals surface area contributed by atoms with Crippen LogP contribution in [0.15, 0.2) is 53.8 Å². The van der Waals surface area contributed by atoms with Crippen LogP contribution in [-0.4, -0.2) is 76.3 Å². The molecule has 0 saturated carbocycles. The van der Waals surface area contributed by atoms with Crippen LogP contribution >= 0.6 is 12.1 Å². The van der Waals surface area contributed by atoms with Crippen molar-refractivity contribution in [2.24, 2.45) is 0 Å². The van der Waals surface area contributed by atoms with Crippen LogP contribution in [0.1, 0.15) is 25.8 Å². The summed E-state index contributed by atoms with van der Waals surface area (Å²) in [6.45, 7) is 8.87. The zero-order valence-electron chi connectivity index (χ0n) is 24.8. The minimum absolute atomic E-state index is 0.00964. The van der Waals surface area contributed by atoms with Crippen LogP contribution in [0.5, 0.6) is 11.5 Å². The lowest BCUT2D eigenvalue weighted by Gasteiger charge is -2.27. The van der Waals surface area contributed by atoms with Crippen molar-refractivity contribution in [3.63, 3.8) is 0 Å². The lowest BCUT2D eigenvalue weighted by molar-refractivity contribution is 0.115. The van der Waals surface area contributed by atoms with Crippen LogP contribution in [0, 0.1) is 17.1 Å². The lowest BCUT2D eigenvalue weighted by atomic mass is 10.1. The molecular weight excluding hydrogens is 585 g/mol. The molecule has 2 N–H and O–H groups in total. The van der Waals surface area contributed by atoms with Gasteiger partial charge in [0.25, 0.3) is 5.56 Å². The number of ether oxygens (including phenoxy) is 2. The molecule has 2 fully saturated rings. The van der Waals surface area contributed by atoms with Crippen LogP contribution < -0.4 is 25.2 Å². The Morgan fingerprint density at radius 3 is 2.59 bits per heavy atom. The fourth-order valence-electron chi connectivity index (χ4n) is 4.87. The highest BCUT2D eigenvalue weighted by Crippen LogP contribution is 2.35. The number of piperazine rings is 1. The van der Waals surface area contributed by atoms with Gasteiger partial charge in [0.05, 0.1) is 40.8 Å². The number of halogens is 1. The van der Waals surface area contributed by atoms with Crippen molar-refractivity contribution in [3.8, 4) is 23.3 Å². The number of rotatable bonds is 8. The van der Waals surface area contributed by atoms with E-state index in [1.807, 2.05) is 19.9 Å². The summed E-state index contributed by atoms with van der Waals surface area (Å²) in [7, 11) is 1.68. The average molecular weight is 620 g/mol. The molecular formula is C30H34FN9O3S. The number of fused-ring (bicyclic) bond motifs is 1. The molecule has 4 heterocycles. The van der Waals surface area contributed by atoms with E-state index in [0.717, 1.165) is 45.7 Å². The number of hydrogen-bond acceptors (Lipinski definition) is 12. The smallest absolute Gasteiger partial charge is 0.266 e. The molecule has 2 aromatic heterocycles. The summed E-state index contributed by atoms with van der Waals surface area (Å²) in [5, 5.41) is 13.4. The minimum Gasteiger partial charge on any atom is -0.453 e. The highest BCUT2D eigenvalue weighted by Gasteiger charge is 2.24. The maximum Gasteiger partial charge on any atom is 0.266 e. The topological polar surface area (TPSA) is 133 Å². The first-order chi connectivity index (χ1) is 21.5. The molecule has 0 aliphatic carbocycles. The molecule has 230 valence electrons. The molecule has 0 spiro atoms. The Morgan fingerprint density at radius 1 is 1.11 bits per heavy atom. The van der Waals surface area contributed by atoms with E-state index in [-0.39, 0.29) is 34.1 Å². The van der Waals surface area contributed by atoms with E-state index in [1.165, 1.54) is 41.2 Å². The first-order valence-corrected chi connectivity index (χ1v) is 15.2. The molecule has 6 rings (SSSR count). The van der Waals surface area contributed by atoms with Gasteiger partial charge in [-0.25, -0.2) is 23.6 Å². The molecule has 44 heavy (non-hydrogen) atoms. The lowest BCUT2D eigenvalue weighted by Crippen LogP contribution is -2.44. The van der Waals surface area contributed by atoms with E-state index in [9.17, 15) is 14.4 Å². The van der Waals surface area contributed by atoms with Crippen molar-refractivity contribution in [2.75, 3.05) is 56.0 Å². The third kappa shape index (κ3) is 6.76. The van der Waals surface area contributed by atoms with Crippen molar-refractivity contribution in [1.29, 1.82) is 5.26 Å². The van der Waals surface area contributed by atoms with Crippen LogP contribution in [0.25, 0.3) is 16.6 Å². The molecule has 14 heteroatoms. The van der Waals surface area contributed by atoms with Gasteiger partial charge in [-0.05, 0) is 36.8 Å². The Bertz CT molecular complexity index is 1690. The second-order valence-corrected chi connectivity index (χ2v) is 10.7. The van der Waals surface area contributed by atoms with E-state index in [4.69, 9.17) is 9.47 Å². The Balaban J connectivity index is 0.00000188. The van der Waals surface area contributed by atoms with Crippen LogP contribution in [0.4, 0.5) is 16.0 Å². The van der Waals surface area contributed by atoms with E-state index in [0.29, 0.717) is 22.8 Å². The van der Waals surface area contributed by atoms with E-state index >= 15 is 0 Å². The van der Waals surface area contributed by atoms with Gasteiger partial charge < -0.3 is 24.4 Å². The summed E-state index contributed by atoms with van der Waals surface area (Å²) < 4.78 is 32.8. The summed E-state index contributed by atoms with van der Waals surface area (Å²) in [6, 6.07) is 9.46. The monoisotopic (exact) mass is 619 g/mol. The molecule has 2 aliphatic rings. The van der Waals surface area contributed by atoms with Gasteiger partial charge in [-0.15, -0.1) is 0 Å². The highest BCUT2D eigenvalue weighted by molar-refractivity contribution is 7.98. The fourth-order valence-corrected chi connectivity index (χ4v) is 5.71. The molecule has 1 unspecified atom stereocenters. The van der Waals surface area contributed by atoms with E-state index in [2.05, 4.69) is 34.2 Å². The number of methoxy groups -OCH3 is 1. The Kier molecular flexibility index (Phi) is 10.2. The maximum atomic E-state index is 15.0. The largest absolute Gasteiger partial charge is 0.453 e. The average Bonchev–Trinajstić information content (AvgIpc) is 3.55. The zero-order valence-corrected chi connectivity index (χ0v) is 25.6. The van der Waals surface area contributed by atoms with Crippen molar-refractivity contribution in [3.05, 3.63) is 70.8 Å². The Labute approximate surface area is 259 Å². The van der Waals surface area contributed by atoms with Gasteiger partial charge in [0.15, 0.2) is 11.6 Å². The number of nitrogens with zero attached hydrogens (tertiary/aromatic N) is 7. The summed E-state index contributed by atoms with van der Waals surface area (Å²) in [5.74, 6) is -0.150. The molecule has 2 aromatic carbocycles. The fraction of sp³-hybridized carbons (Fsp3) is 0.367. The quantitative estimate of drug-likeness (QED) is 0.275. The molecule has 0 radical (unpaired) electrons. The zero-order chi connectivity index (χ0) is 31.1. The maximum absolute atomic E-state index is 15.0. The van der Waals surface area contributed by atoms with Gasteiger partial charge in [-0.2, -0.15) is 5.26 Å². The summed E-state index contributed by atoms with van der Waals surface area (Å²) in [4.78, 5) is 28.8. The van der Waals surface area contributed by atoms with E-state index in [1.54, 1.807) is 31.6 Å². The number of nitriles is 1. The van der Waals surface area contributed by atoms with Crippen molar-refractivity contribution >= 4 is 34.7 Å². The molecule has 1 atom stereocenters. The normalized spacial score (nSPS) is 16.7. The molecule has 4 aromatic rings. The molecule has 2 aliphatic heterocycles. The number of anilines is 2. The number of aromatic nitrogens is 4. The van der Waals surface area contributed by atoms with Gasteiger partial charge in [-0.1, -0.05) is 13.8 Å². The van der Waals surface area contributed by atoms with E-state index < -0.39 is 5.82 Å². The highest BCUT2D eigenvalue weighted by atomic mass is 32.2. The minimum atomic E-state index is -0.701. The summed E-state index contributed by atoms with van der Waals surface area (Å²) in [5.41, 5.74) is 0.958. The third-order valence-corrected chi connectivity index (χ3v) is 8.10. The van der Waals surface area contributed by atoms with Crippen LogP contribution in [0.2, 0.25) is 0 Å². The predicted molar refractivity (Wildman–Crippen MR) is 169 cm³/mol. The SMILES string of the molecule is CC.COC1CCN(SNc2ccc(F)c(Oc3ccc4ncn(-c5cnc(N6CCNCC6)nc5)c(=O)c4c3)c2C#N)C1. The Morgan fingerprint density at radius 2 is 1.89 bits per heavy atom. The molecule has 2 saturated heterocycles. The van der Waals surface area contributed by atoms with Crippen molar-refractivity contribution < 1.29 is 13.9 Å². The van der Waals surface area contributed by atoms with Crippen LogP contribution in [-0.2, 0) is 4.74 Å². The van der Waals surface area contributed by atoms with Gasteiger partial charge in [0.1, 0.15) is 23.7 Å². The van der Waals surface area contributed by atoms with Gasteiger partial charge in [-0.3, -0.25) is 9.36 Å². The van der Waals surface area contributed by atoms with Gasteiger partial charge >= 0.3 is 0 Å². The second-order valence-electron chi connectivity index (χ2n) is 9.82. The second kappa shape index (κ2) is 14.5. The van der Waals surface area contributed by atoms with Crippen molar-refractivity contribution in [1.82, 2.24) is 29.1 Å². The predicted octanol–water partition coefficient (Wildman–Crippen LogP) is 4.11. The van der Waals surface area contributed by atoms with Crippen LogP contribution in [0.3, 0.4) is 0 Å². The third-order valence-electron chi connectivity index (χ3n) is 7.20. The first kappa shape index (κ1) is 31.1. The molecule has 0 amide bonds. The van der Waals surface area contributed by atoms with Gasteiger partial charge in [0, 0.05) is 58.5 Å². The summed E-state index contributed by atoms with van der Waals surface area (Å²) in [6.07, 6.45) is 5.65. The number of nitrogens with one attached hydrogen (secondary N) is 2. The summed E-state index contributed by atoms with van der Waals surface area (Å²) >= 11 is 1.32. The molecule has 0 bridgehead atoms. The van der Waals surface area contributed by atoms with Gasteiger partial charge in [0.2, 0.25) is 5.95 Å². The van der Waals surface area contributed by atoms with Crippen molar-refractivity contribution in [2.45, 2.75) is 26.4 Å². The number of hydrogen-bond donors (Lipinski definition) is 2.